The van der Waals surface area contributed by atoms with Crippen LogP contribution in [0, 0.1) is 0 Å². The van der Waals surface area contributed by atoms with Crippen LogP contribution < -0.4 is 4.74 Å². The Bertz CT molecular complexity index is 1350. The molecule has 0 fully saturated rings. The Labute approximate surface area is 230 Å². The Kier molecular flexibility index (Phi) is 11.0. The van der Waals surface area contributed by atoms with Crippen molar-refractivity contribution in [1.82, 2.24) is 0 Å². The molecule has 0 aliphatic heterocycles. The van der Waals surface area contributed by atoms with Gasteiger partial charge in [0.15, 0.2) is 23.4 Å². The lowest BCUT2D eigenvalue weighted by Gasteiger charge is -2.13. The predicted molar refractivity (Wildman–Crippen MR) is 148 cm³/mol. The van der Waals surface area contributed by atoms with E-state index in [2.05, 4.69) is 95.7 Å². The lowest BCUT2D eigenvalue weighted by Crippen LogP contribution is -2.35. The first-order valence-electron chi connectivity index (χ1n) is 11.7. The third kappa shape index (κ3) is 9.82. The summed E-state index contributed by atoms with van der Waals surface area (Å²) in [6, 6.07) is 40.2. The molecule has 0 atom stereocenters. The standard InChI is InChI=1S/C19H16S.C10H10F2O6S/c1-4-10-16(11-5-1)19(17-12-6-2-7-13-17)20-18-14-8-3-9-15-18;11-10(12,19(14,15)16)7-18-9(13)6-17-8-4-2-1-3-5-8/h1-15,19H;1-5H,6-7H2,(H,14,15,16)/p+1. The zero-order valence-corrected chi connectivity index (χ0v) is 22.3. The summed E-state index contributed by atoms with van der Waals surface area (Å²) in [7, 11) is -5.62. The number of benzene rings is 4. The molecule has 4 aromatic carbocycles. The van der Waals surface area contributed by atoms with Crippen molar-refractivity contribution in [3.63, 3.8) is 0 Å². The van der Waals surface area contributed by atoms with Crippen molar-refractivity contribution in [2.45, 2.75) is 15.4 Å². The number of carbonyl (C=O) groups excluding carboxylic acids is 1. The van der Waals surface area contributed by atoms with E-state index in [4.69, 9.17) is 9.29 Å². The fourth-order valence-electron chi connectivity index (χ4n) is 3.21. The first-order chi connectivity index (χ1) is 18.7. The number of para-hydroxylation sites is 1. The maximum Gasteiger partial charge on any atom is 0.402 e. The largest absolute Gasteiger partial charge is 0.482 e. The number of esters is 1. The highest BCUT2D eigenvalue weighted by Crippen LogP contribution is 2.29. The van der Waals surface area contributed by atoms with E-state index in [1.165, 1.54) is 39.9 Å². The molecular weight excluding hydrogens is 546 g/mol. The molecule has 0 amide bonds. The number of carbonyl (C=O) groups is 1. The fourth-order valence-corrected chi connectivity index (χ4v) is 4.71. The van der Waals surface area contributed by atoms with E-state index in [0.29, 0.717) is 11.0 Å². The summed E-state index contributed by atoms with van der Waals surface area (Å²) in [5.74, 6) is -0.867. The van der Waals surface area contributed by atoms with Crippen LogP contribution in [0.1, 0.15) is 16.4 Å². The monoisotopic (exact) mass is 573 g/mol. The molecule has 0 unspecified atom stereocenters. The zero-order valence-electron chi connectivity index (χ0n) is 20.6. The van der Waals surface area contributed by atoms with E-state index in [1.807, 2.05) is 0 Å². The molecule has 4 rings (SSSR count). The maximum atomic E-state index is 12.7. The van der Waals surface area contributed by atoms with E-state index in [-0.39, 0.29) is 0 Å². The van der Waals surface area contributed by atoms with Crippen LogP contribution in [-0.2, 0) is 31.4 Å². The second kappa shape index (κ2) is 14.4. The summed E-state index contributed by atoms with van der Waals surface area (Å²) in [5, 5.41) is -4.16. The van der Waals surface area contributed by atoms with Crippen LogP contribution in [0.15, 0.2) is 126 Å². The van der Waals surface area contributed by atoms with E-state index < -0.39 is 34.6 Å². The molecule has 10 heteroatoms. The van der Waals surface area contributed by atoms with Gasteiger partial charge >= 0.3 is 21.3 Å². The van der Waals surface area contributed by atoms with E-state index in [9.17, 15) is 22.0 Å². The van der Waals surface area contributed by atoms with Crippen LogP contribution >= 0.6 is 0 Å². The molecule has 0 aliphatic carbocycles. The first kappa shape index (κ1) is 29.8. The van der Waals surface area contributed by atoms with Gasteiger partial charge < -0.3 is 9.47 Å². The first-order valence-corrected chi connectivity index (χ1v) is 14.1. The van der Waals surface area contributed by atoms with Crippen molar-refractivity contribution < 1.29 is 36.0 Å². The topological polar surface area (TPSA) is 89.9 Å². The third-order valence-electron chi connectivity index (χ3n) is 5.14. The van der Waals surface area contributed by atoms with Gasteiger partial charge in [-0.1, -0.05) is 97.1 Å². The number of alkyl halides is 2. The minimum Gasteiger partial charge on any atom is -0.482 e. The summed E-state index contributed by atoms with van der Waals surface area (Å²) in [6.07, 6.45) is 0. The van der Waals surface area contributed by atoms with Gasteiger partial charge in [0.1, 0.15) is 5.75 Å². The molecule has 39 heavy (non-hydrogen) atoms. The quantitative estimate of drug-likeness (QED) is 0.113. The molecule has 1 N–H and O–H groups in total. The Hall–Kier alpha value is -3.73. The Morgan fingerprint density at radius 3 is 1.67 bits per heavy atom. The summed E-state index contributed by atoms with van der Waals surface area (Å²) >= 11 is 1.32. The summed E-state index contributed by atoms with van der Waals surface area (Å²) < 4.78 is 62.9. The van der Waals surface area contributed by atoms with Crippen molar-refractivity contribution in [3.05, 3.63) is 132 Å². The van der Waals surface area contributed by atoms with Gasteiger partial charge in [0.05, 0.1) is 0 Å². The zero-order chi connectivity index (χ0) is 28.1. The van der Waals surface area contributed by atoms with Crippen LogP contribution in [0.4, 0.5) is 8.78 Å². The minimum atomic E-state index is -5.62. The predicted octanol–water partition coefficient (Wildman–Crippen LogP) is 5.74. The highest BCUT2D eigenvalue weighted by molar-refractivity contribution is 7.86. The average Bonchev–Trinajstić information content (AvgIpc) is 2.95. The van der Waals surface area contributed by atoms with Crippen LogP contribution in [0.2, 0.25) is 0 Å². The molecule has 4 aromatic rings. The van der Waals surface area contributed by atoms with Gasteiger partial charge in [-0.05, 0) is 24.3 Å². The molecular formula is C29H27F2O6S2+. The number of halogens is 2. The molecule has 0 saturated carbocycles. The van der Waals surface area contributed by atoms with Gasteiger partial charge in [0.25, 0.3) is 0 Å². The molecule has 204 valence electrons. The molecule has 0 heterocycles. The van der Waals surface area contributed by atoms with Gasteiger partial charge in [-0.25, -0.2) is 4.79 Å². The minimum absolute atomic E-state index is 0.320. The molecule has 0 radical (unpaired) electrons. The molecule has 0 saturated heterocycles. The van der Waals surface area contributed by atoms with Gasteiger partial charge in [-0.2, -0.15) is 17.2 Å². The van der Waals surface area contributed by atoms with Gasteiger partial charge in [-0.15, -0.1) is 0 Å². The van der Waals surface area contributed by atoms with Crippen molar-refractivity contribution >= 4 is 27.8 Å². The Morgan fingerprint density at radius 2 is 1.21 bits per heavy atom. The number of thiol groups is 1. The number of hydrogen-bond donors (Lipinski definition) is 1. The van der Waals surface area contributed by atoms with Crippen LogP contribution in [0.25, 0.3) is 0 Å². The molecule has 0 aliphatic rings. The number of ether oxygens (including phenoxy) is 2. The van der Waals surface area contributed by atoms with Crippen LogP contribution in [0.5, 0.6) is 5.75 Å². The van der Waals surface area contributed by atoms with E-state index in [0.717, 1.165) is 0 Å². The van der Waals surface area contributed by atoms with E-state index in [1.54, 1.807) is 18.2 Å². The Balaban J connectivity index is 0.000000216. The Morgan fingerprint density at radius 1 is 0.769 bits per heavy atom. The lowest BCUT2D eigenvalue weighted by molar-refractivity contribution is -0.151. The molecule has 0 aromatic heterocycles. The van der Waals surface area contributed by atoms with E-state index >= 15 is 0 Å². The highest BCUT2D eigenvalue weighted by Gasteiger charge is 2.45. The summed E-state index contributed by atoms with van der Waals surface area (Å²) in [5.41, 5.74) is 2.73. The molecule has 0 spiro atoms. The third-order valence-corrected chi connectivity index (χ3v) is 7.47. The number of rotatable bonds is 10. The summed E-state index contributed by atoms with van der Waals surface area (Å²) in [6.45, 7) is -2.44. The van der Waals surface area contributed by atoms with Gasteiger partial charge in [-0.3, -0.25) is 4.55 Å². The second-order valence-electron chi connectivity index (χ2n) is 8.06. The van der Waals surface area contributed by atoms with Crippen LogP contribution in [0.3, 0.4) is 0 Å². The lowest BCUT2D eigenvalue weighted by atomic mass is 10.0. The maximum absolute atomic E-state index is 12.7. The average molecular weight is 574 g/mol. The second-order valence-corrected chi connectivity index (χ2v) is 10.9. The number of hydrogen-bond acceptors (Lipinski definition) is 5. The fraction of sp³-hybridized carbons (Fsp3) is 0.138. The van der Waals surface area contributed by atoms with Gasteiger partial charge in [0.2, 0.25) is 0 Å². The van der Waals surface area contributed by atoms with Crippen molar-refractivity contribution in [2.24, 2.45) is 0 Å². The van der Waals surface area contributed by atoms with Crippen molar-refractivity contribution in [1.29, 1.82) is 0 Å². The SMILES string of the molecule is O=C(COc1ccccc1)OCC(F)(F)S(=O)(=O)O.c1ccc([SH+]C(c2ccccc2)c2ccccc2)cc1. The van der Waals surface area contributed by atoms with Crippen molar-refractivity contribution in [2.75, 3.05) is 13.2 Å². The normalized spacial score (nSPS) is 11.3. The summed E-state index contributed by atoms with van der Waals surface area (Å²) in [4.78, 5) is 12.4. The van der Waals surface area contributed by atoms with Crippen molar-refractivity contribution in [3.8, 4) is 5.75 Å². The molecule has 6 nitrogen and oxygen atoms in total. The smallest absolute Gasteiger partial charge is 0.402 e. The highest BCUT2D eigenvalue weighted by atomic mass is 32.2. The molecule has 0 bridgehead atoms. The van der Waals surface area contributed by atoms with Gasteiger partial charge in [0, 0.05) is 22.9 Å². The van der Waals surface area contributed by atoms with Crippen LogP contribution in [-0.4, -0.2) is 37.4 Å².